The van der Waals surface area contributed by atoms with Gasteiger partial charge in [-0.3, -0.25) is 4.79 Å². The van der Waals surface area contributed by atoms with Crippen molar-refractivity contribution in [3.63, 3.8) is 0 Å². The molecule has 1 amide bonds. The molecule has 0 aliphatic heterocycles. The number of anilines is 2. The van der Waals surface area contributed by atoms with Crippen molar-refractivity contribution in [2.45, 2.75) is 13.0 Å². The fourth-order valence-corrected chi connectivity index (χ4v) is 2.41. The maximum atomic E-state index is 11.2. The Morgan fingerprint density at radius 3 is 2.56 bits per heavy atom. The Kier molecular flexibility index (Phi) is 7.31. The van der Waals surface area contributed by atoms with Gasteiger partial charge >= 0.3 is 0 Å². The minimum absolute atomic E-state index is 0.142. The van der Waals surface area contributed by atoms with Crippen LogP contribution in [0.2, 0.25) is 5.02 Å². The van der Waals surface area contributed by atoms with Crippen LogP contribution in [-0.4, -0.2) is 29.5 Å². The maximum Gasteiger partial charge on any atom is 0.221 e. The van der Waals surface area contributed by atoms with E-state index in [0.717, 1.165) is 16.8 Å². The second-order valence-electron chi connectivity index (χ2n) is 5.56. The second kappa shape index (κ2) is 9.47. The number of rotatable bonds is 7. The molecule has 0 fully saturated rings. The molecule has 6 heteroatoms. The van der Waals surface area contributed by atoms with E-state index >= 15 is 0 Å². The summed E-state index contributed by atoms with van der Waals surface area (Å²) in [7, 11) is 0. The number of alkyl halides is 1. The minimum Gasteiger partial charge on any atom is -0.390 e. The van der Waals surface area contributed by atoms with E-state index in [1.807, 2.05) is 54.6 Å². The number of benzene rings is 2. The zero-order valence-corrected chi connectivity index (χ0v) is 15.3. The van der Waals surface area contributed by atoms with Gasteiger partial charge in [-0.15, -0.1) is 11.6 Å². The maximum absolute atomic E-state index is 11.2. The number of aliphatic hydroxyl groups excluding tert-OH is 1. The van der Waals surface area contributed by atoms with Crippen LogP contribution >= 0.6 is 23.2 Å². The summed E-state index contributed by atoms with van der Waals surface area (Å²) in [6, 6.07) is 13.1. The number of aliphatic hydroxyl groups is 1. The van der Waals surface area contributed by atoms with Gasteiger partial charge in [-0.05, 0) is 35.4 Å². The molecule has 0 saturated carbocycles. The van der Waals surface area contributed by atoms with Crippen molar-refractivity contribution in [1.82, 2.24) is 0 Å². The van der Waals surface area contributed by atoms with Gasteiger partial charge in [0.25, 0.3) is 0 Å². The molecule has 0 saturated heterocycles. The van der Waals surface area contributed by atoms with Crippen LogP contribution < -0.4 is 10.6 Å². The van der Waals surface area contributed by atoms with Crippen molar-refractivity contribution in [1.29, 1.82) is 0 Å². The zero-order valence-electron chi connectivity index (χ0n) is 13.8. The lowest BCUT2D eigenvalue weighted by molar-refractivity contribution is -0.114. The van der Waals surface area contributed by atoms with Crippen molar-refractivity contribution in [2.24, 2.45) is 0 Å². The van der Waals surface area contributed by atoms with Crippen LogP contribution in [0.1, 0.15) is 18.1 Å². The third kappa shape index (κ3) is 6.42. The summed E-state index contributed by atoms with van der Waals surface area (Å²) in [6.45, 7) is 1.77. The van der Waals surface area contributed by atoms with Crippen LogP contribution in [0.5, 0.6) is 0 Å². The monoisotopic (exact) mass is 378 g/mol. The summed E-state index contributed by atoms with van der Waals surface area (Å²) in [5.74, 6) is 0.00475. The van der Waals surface area contributed by atoms with E-state index < -0.39 is 6.10 Å². The lowest BCUT2D eigenvalue weighted by Gasteiger charge is -2.14. The molecule has 0 aliphatic rings. The number of carbonyl (C=O) groups excluding carboxylic acids is 1. The molecule has 1 unspecified atom stereocenters. The summed E-state index contributed by atoms with van der Waals surface area (Å²) in [4.78, 5) is 11.2. The average Bonchev–Trinajstić information content (AvgIpc) is 2.59. The average molecular weight is 379 g/mol. The predicted octanol–water partition coefficient (Wildman–Crippen LogP) is 4.48. The molecule has 25 heavy (non-hydrogen) atoms. The van der Waals surface area contributed by atoms with Crippen molar-refractivity contribution in [3.05, 3.63) is 58.6 Å². The highest BCUT2D eigenvalue weighted by Gasteiger charge is 2.06. The van der Waals surface area contributed by atoms with Crippen molar-refractivity contribution in [3.8, 4) is 0 Å². The first-order chi connectivity index (χ1) is 12.0. The number of nitrogens with one attached hydrogen (secondary N) is 2. The van der Waals surface area contributed by atoms with E-state index in [9.17, 15) is 9.90 Å². The van der Waals surface area contributed by atoms with E-state index in [-0.39, 0.29) is 11.8 Å². The summed E-state index contributed by atoms with van der Waals surface area (Å²) in [5, 5.41) is 16.3. The topological polar surface area (TPSA) is 61.4 Å². The van der Waals surface area contributed by atoms with E-state index in [4.69, 9.17) is 23.2 Å². The van der Waals surface area contributed by atoms with Crippen LogP contribution in [0.25, 0.3) is 12.2 Å². The molecule has 0 bridgehead atoms. The summed E-state index contributed by atoms with van der Waals surface area (Å²) < 4.78 is 0. The Morgan fingerprint density at radius 2 is 1.92 bits per heavy atom. The number of hydrogen-bond acceptors (Lipinski definition) is 3. The fraction of sp³-hybridized carbons (Fsp3) is 0.211. The lowest BCUT2D eigenvalue weighted by Crippen LogP contribution is -2.21. The zero-order chi connectivity index (χ0) is 18.2. The molecule has 3 N–H and O–H groups in total. The SMILES string of the molecule is CC(=O)Nc1ccc(C=Cc2ccc(Cl)cc2)c(NCC(O)CCl)c1. The van der Waals surface area contributed by atoms with Gasteiger partial charge in [0.1, 0.15) is 0 Å². The van der Waals surface area contributed by atoms with Crippen molar-refractivity contribution in [2.75, 3.05) is 23.1 Å². The lowest BCUT2D eigenvalue weighted by atomic mass is 10.1. The van der Waals surface area contributed by atoms with Crippen LogP contribution in [0.3, 0.4) is 0 Å². The molecule has 0 spiro atoms. The molecule has 0 heterocycles. The van der Waals surface area contributed by atoms with Gasteiger partial charge in [-0.25, -0.2) is 0 Å². The predicted molar refractivity (Wildman–Crippen MR) is 106 cm³/mol. The number of carbonyl (C=O) groups is 1. The molecule has 2 rings (SSSR count). The number of amides is 1. The Bertz CT molecular complexity index is 746. The van der Waals surface area contributed by atoms with Gasteiger partial charge < -0.3 is 15.7 Å². The Labute approximate surface area is 157 Å². The van der Waals surface area contributed by atoms with Gasteiger partial charge in [0.15, 0.2) is 0 Å². The van der Waals surface area contributed by atoms with E-state index in [1.54, 1.807) is 0 Å². The minimum atomic E-state index is -0.654. The molecule has 0 aromatic heterocycles. The molecule has 4 nitrogen and oxygen atoms in total. The van der Waals surface area contributed by atoms with Gasteiger partial charge in [0, 0.05) is 29.9 Å². The van der Waals surface area contributed by atoms with Crippen molar-refractivity contribution >= 4 is 52.6 Å². The standard InChI is InChI=1S/C19H20Cl2N2O2/c1-13(24)23-17-9-6-15(19(10-17)22-12-18(25)11-20)5-2-14-3-7-16(21)8-4-14/h2-10,18,22,25H,11-12H2,1H3,(H,23,24). The molecular formula is C19H20Cl2N2O2. The fourth-order valence-electron chi connectivity index (χ4n) is 2.18. The summed E-state index contributed by atoms with van der Waals surface area (Å²) >= 11 is 11.5. The normalized spacial score (nSPS) is 12.2. The highest BCUT2D eigenvalue weighted by atomic mass is 35.5. The van der Waals surface area contributed by atoms with E-state index in [1.165, 1.54) is 6.92 Å². The van der Waals surface area contributed by atoms with Gasteiger partial charge in [0.2, 0.25) is 5.91 Å². The molecule has 132 valence electrons. The van der Waals surface area contributed by atoms with Crippen LogP contribution in [0.4, 0.5) is 11.4 Å². The Hall–Kier alpha value is -2.01. The molecule has 2 aromatic rings. The van der Waals surface area contributed by atoms with Crippen LogP contribution in [0, 0.1) is 0 Å². The van der Waals surface area contributed by atoms with Crippen molar-refractivity contribution < 1.29 is 9.90 Å². The highest BCUT2D eigenvalue weighted by Crippen LogP contribution is 2.24. The van der Waals surface area contributed by atoms with Gasteiger partial charge in [-0.2, -0.15) is 0 Å². The smallest absolute Gasteiger partial charge is 0.221 e. The first-order valence-electron chi connectivity index (χ1n) is 7.81. The summed E-state index contributed by atoms with van der Waals surface area (Å²) in [6.07, 6.45) is 3.27. The van der Waals surface area contributed by atoms with E-state index in [2.05, 4.69) is 10.6 Å². The number of halogens is 2. The first kappa shape index (κ1) is 19.3. The largest absolute Gasteiger partial charge is 0.390 e. The molecular weight excluding hydrogens is 359 g/mol. The first-order valence-corrected chi connectivity index (χ1v) is 8.72. The Morgan fingerprint density at radius 1 is 1.20 bits per heavy atom. The van der Waals surface area contributed by atoms with Gasteiger partial charge in [0.05, 0.1) is 12.0 Å². The quantitative estimate of drug-likeness (QED) is 0.491. The molecule has 0 radical (unpaired) electrons. The van der Waals surface area contributed by atoms with E-state index in [0.29, 0.717) is 17.3 Å². The molecule has 1 atom stereocenters. The van der Waals surface area contributed by atoms with Crippen LogP contribution in [0.15, 0.2) is 42.5 Å². The third-order valence-electron chi connectivity index (χ3n) is 3.41. The Balaban J connectivity index is 2.24. The number of hydrogen-bond donors (Lipinski definition) is 3. The second-order valence-corrected chi connectivity index (χ2v) is 6.30. The summed E-state index contributed by atoms with van der Waals surface area (Å²) in [5.41, 5.74) is 3.41. The molecule has 0 aliphatic carbocycles. The van der Waals surface area contributed by atoms with Crippen LogP contribution in [-0.2, 0) is 4.79 Å². The highest BCUT2D eigenvalue weighted by molar-refractivity contribution is 6.30. The molecule has 2 aromatic carbocycles. The van der Waals surface area contributed by atoms with Gasteiger partial charge in [-0.1, -0.05) is 42.0 Å². The third-order valence-corrected chi connectivity index (χ3v) is 4.01.